The third-order valence-electron chi connectivity index (χ3n) is 4.87. The Bertz CT molecular complexity index is 1100. The summed E-state index contributed by atoms with van der Waals surface area (Å²) in [6, 6.07) is 22.3. The predicted molar refractivity (Wildman–Crippen MR) is 112 cm³/mol. The standard InChI is InChI=1S/C24H23N3O2/c1-18-13-23(26(2)25-18)24(28)27(16-20-11-12-29-17-20)15-19-7-6-10-22(14-19)21-8-4-3-5-9-21/h3-14,17H,15-16H2,1-2H3. The van der Waals surface area contributed by atoms with Crippen LogP contribution in [0.1, 0.15) is 27.3 Å². The number of hydrogen-bond acceptors (Lipinski definition) is 3. The van der Waals surface area contributed by atoms with Crippen LogP contribution in [0.5, 0.6) is 0 Å². The average molecular weight is 385 g/mol. The number of carbonyl (C=O) groups excluding carboxylic acids is 1. The molecular weight excluding hydrogens is 362 g/mol. The molecule has 0 saturated carbocycles. The molecule has 0 spiro atoms. The molecule has 146 valence electrons. The lowest BCUT2D eigenvalue weighted by Crippen LogP contribution is -2.31. The summed E-state index contributed by atoms with van der Waals surface area (Å²) in [5.74, 6) is -0.0561. The van der Waals surface area contributed by atoms with Gasteiger partial charge in [-0.15, -0.1) is 0 Å². The van der Waals surface area contributed by atoms with E-state index in [1.165, 1.54) is 0 Å². The van der Waals surface area contributed by atoms with Crippen LogP contribution in [0.2, 0.25) is 0 Å². The summed E-state index contributed by atoms with van der Waals surface area (Å²) in [5, 5.41) is 4.32. The van der Waals surface area contributed by atoms with Crippen molar-refractivity contribution in [3.63, 3.8) is 0 Å². The number of amides is 1. The summed E-state index contributed by atoms with van der Waals surface area (Å²) in [6.45, 7) is 2.85. The van der Waals surface area contributed by atoms with E-state index >= 15 is 0 Å². The van der Waals surface area contributed by atoms with Crippen LogP contribution in [0.3, 0.4) is 0 Å². The first-order chi connectivity index (χ1) is 14.1. The molecule has 0 N–H and O–H groups in total. The molecule has 0 unspecified atom stereocenters. The van der Waals surface area contributed by atoms with Crippen molar-refractivity contribution in [3.8, 4) is 11.1 Å². The van der Waals surface area contributed by atoms with Crippen molar-refractivity contribution in [2.24, 2.45) is 7.05 Å². The van der Waals surface area contributed by atoms with Crippen molar-refractivity contribution >= 4 is 5.91 Å². The van der Waals surface area contributed by atoms with Gasteiger partial charge >= 0.3 is 0 Å². The number of aromatic nitrogens is 2. The van der Waals surface area contributed by atoms with Gasteiger partial charge in [0.25, 0.3) is 5.91 Å². The zero-order valence-corrected chi connectivity index (χ0v) is 16.6. The summed E-state index contributed by atoms with van der Waals surface area (Å²) in [6.07, 6.45) is 3.30. The fraction of sp³-hybridized carbons (Fsp3) is 0.167. The minimum absolute atomic E-state index is 0.0561. The molecule has 5 nitrogen and oxygen atoms in total. The van der Waals surface area contributed by atoms with Gasteiger partial charge in [-0.05, 0) is 41.8 Å². The second-order valence-electron chi connectivity index (χ2n) is 7.15. The molecule has 0 radical (unpaired) electrons. The highest BCUT2D eigenvalue weighted by atomic mass is 16.3. The van der Waals surface area contributed by atoms with Crippen molar-refractivity contribution in [1.82, 2.24) is 14.7 Å². The minimum atomic E-state index is -0.0561. The quantitative estimate of drug-likeness (QED) is 0.478. The molecule has 29 heavy (non-hydrogen) atoms. The smallest absolute Gasteiger partial charge is 0.272 e. The number of nitrogens with zero attached hydrogens (tertiary/aromatic N) is 3. The van der Waals surface area contributed by atoms with Gasteiger partial charge in [-0.25, -0.2) is 0 Å². The first-order valence-electron chi connectivity index (χ1n) is 9.55. The fourth-order valence-corrected chi connectivity index (χ4v) is 3.48. The lowest BCUT2D eigenvalue weighted by Gasteiger charge is -2.22. The summed E-state index contributed by atoms with van der Waals surface area (Å²) >= 11 is 0. The Balaban J connectivity index is 1.63. The van der Waals surface area contributed by atoms with Crippen LogP contribution in [0, 0.1) is 6.92 Å². The van der Waals surface area contributed by atoms with E-state index in [1.807, 2.05) is 48.2 Å². The highest BCUT2D eigenvalue weighted by Gasteiger charge is 2.21. The molecule has 2 heterocycles. The second-order valence-corrected chi connectivity index (χ2v) is 7.15. The maximum Gasteiger partial charge on any atom is 0.272 e. The molecule has 4 rings (SSSR count). The second kappa shape index (κ2) is 8.19. The van der Waals surface area contributed by atoms with Crippen LogP contribution < -0.4 is 0 Å². The highest BCUT2D eigenvalue weighted by molar-refractivity contribution is 5.92. The van der Waals surface area contributed by atoms with Gasteiger partial charge in [0.05, 0.1) is 18.2 Å². The van der Waals surface area contributed by atoms with E-state index in [1.54, 1.807) is 24.3 Å². The van der Waals surface area contributed by atoms with Gasteiger partial charge in [0, 0.05) is 25.7 Å². The average Bonchev–Trinajstić information content (AvgIpc) is 3.37. The van der Waals surface area contributed by atoms with E-state index in [0.717, 1.165) is 27.9 Å². The maximum absolute atomic E-state index is 13.3. The molecule has 0 aliphatic rings. The largest absolute Gasteiger partial charge is 0.472 e. The summed E-state index contributed by atoms with van der Waals surface area (Å²) in [4.78, 5) is 15.1. The molecule has 0 saturated heterocycles. The lowest BCUT2D eigenvalue weighted by atomic mass is 10.0. The van der Waals surface area contributed by atoms with Crippen LogP contribution in [0.4, 0.5) is 0 Å². The van der Waals surface area contributed by atoms with Gasteiger partial charge in [-0.1, -0.05) is 48.5 Å². The molecule has 0 aliphatic carbocycles. The van der Waals surface area contributed by atoms with Gasteiger partial charge in [-0.2, -0.15) is 5.10 Å². The Kier molecular flexibility index (Phi) is 5.29. The monoisotopic (exact) mass is 385 g/mol. The van der Waals surface area contributed by atoms with E-state index in [0.29, 0.717) is 18.8 Å². The zero-order valence-electron chi connectivity index (χ0n) is 16.6. The van der Waals surface area contributed by atoms with Gasteiger partial charge in [-0.3, -0.25) is 9.48 Å². The summed E-state index contributed by atoms with van der Waals surface area (Å²) in [7, 11) is 1.80. The van der Waals surface area contributed by atoms with Crippen molar-refractivity contribution in [2.45, 2.75) is 20.0 Å². The Labute approximate surface area is 170 Å². The van der Waals surface area contributed by atoms with Crippen molar-refractivity contribution in [1.29, 1.82) is 0 Å². The molecule has 0 atom stereocenters. The molecule has 4 aromatic rings. The lowest BCUT2D eigenvalue weighted by molar-refractivity contribution is 0.0718. The van der Waals surface area contributed by atoms with E-state index in [-0.39, 0.29) is 5.91 Å². The van der Waals surface area contributed by atoms with E-state index < -0.39 is 0 Å². The maximum atomic E-state index is 13.3. The van der Waals surface area contributed by atoms with Crippen LogP contribution >= 0.6 is 0 Å². The molecule has 2 aromatic heterocycles. The van der Waals surface area contributed by atoms with Crippen molar-refractivity contribution < 1.29 is 9.21 Å². The molecule has 5 heteroatoms. The molecule has 0 fully saturated rings. The summed E-state index contributed by atoms with van der Waals surface area (Å²) < 4.78 is 6.84. The van der Waals surface area contributed by atoms with E-state index in [2.05, 4.69) is 35.4 Å². The normalized spacial score (nSPS) is 10.8. The third-order valence-corrected chi connectivity index (χ3v) is 4.87. The fourth-order valence-electron chi connectivity index (χ4n) is 3.48. The Morgan fingerprint density at radius 2 is 1.72 bits per heavy atom. The van der Waals surface area contributed by atoms with Gasteiger partial charge in [0.15, 0.2) is 0 Å². The molecular formula is C24H23N3O2. The number of aryl methyl sites for hydroxylation is 2. The van der Waals surface area contributed by atoms with Gasteiger partial charge < -0.3 is 9.32 Å². The van der Waals surface area contributed by atoms with Gasteiger partial charge in [0.2, 0.25) is 0 Å². The number of hydrogen-bond donors (Lipinski definition) is 0. The van der Waals surface area contributed by atoms with Crippen molar-refractivity contribution in [3.05, 3.63) is 102 Å². The minimum Gasteiger partial charge on any atom is -0.472 e. The third kappa shape index (κ3) is 4.29. The van der Waals surface area contributed by atoms with Crippen LogP contribution in [0.15, 0.2) is 83.7 Å². The van der Waals surface area contributed by atoms with Crippen LogP contribution in [-0.2, 0) is 20.1 Å². The Morgan fingerprint density at radius 3 is 2.41 bits per heavy atom. The van der Waals surface area contributed by atoms with E-state index in [4.69, 9.17) is 4.42 Å². The van der Waals surface area contributed by atoms with Crippen molar-refractivity contribution in [2.75, 3.05) is 0 Å². The Hall–Kier alpha value is -3.60. The van der Waals surface area contributed by atoms with Crippen LogP contribution in [-0.4, -0.2) is 20.6 Å². The molecule has 1 amide bonds. The van der Waals surface area contributed by atoms with Crippen LogP contribution in [0.25, 0.3) is 11.1 Å². The first kappa shape index (κ1) is 18.7. The van der Waals surface area contributed by atoms with E-state index in [9.17, 15) is 4.79 Å². The van der Waals surface area contributed by atoms with Gasteiger partial charge in [0.1, 0.15) is 5.69 Å². The molecule has 0 bridgehead atoms. The molecule has 0 aliphatic heterocycles. The number of carbonyl (C=O) groups is 1. The SMILES string of the molecule is Cc1cc(C(=O)N(Cc2ccoc2)Cc2cccc(-c3ccccc3)c2)n(C)n1. The Morgan fingerprint density at radius 1 is 0.966 bits per heavy atom. The highest BCUT2D eigenvalue weighted by Crippen LogP contribution is 2.22. The first-order valence-corrected chi connectivity index (χ1v) is 9.55. The number of rotatable bonds is 6. The number of benzene rings is 2. The number of furan rings is 1. The molecule has 2 aromatic carbocycles. The summed E-state index contributed by atoms with van der Waals surface area (Å²) in [5.41, 5.74) is 5.72. The predicted octanol–water partition coefficient (Wildman–Crippen LogP) is 4.83. The zero-order chi connectivity index (χ0) is 20.2. The topological polar surface area (TPSA) is 51.3 Å².